The molecular weight excluding hydrogens is 346 g/mol. The molecule has 1 aliphatic heterocycles. The maximum atomic E-state index is 12.6. The molecule has 1 fully saturated rings. The van der Waals surface area contributed by atoms with E-state index >= 15 is 0 Å². The Morgan fingerprint density at radius 1 is 1.04 bits per heavy atom. The van der Waals surface area contributed by atoms with Crippen molar-refractivity contribution in [2.75, 3.05) is 32.7 Å². The lowest BCUT2D eigenvalue weighted by atomic mass is 10.1. The Morgan fingerprint density at radius 3 is 2.65 bits per heavy atom. The van der Waals surface area contributed by atoms with Crippen LogP contribution in [0.1, 0.15) is 15.9 Å². The first-order chi connectivity index (χ1) is 12.7. The van der Waals surface area contributed by atoms with Crippen molar-refractivity contribution in [3.63, 3.8) is 0 Å². The Morgan fingerprint density at radius 2 is 1.85 bits per heavy atom. The Kier molecular flexibility index (Phi) is 4.96. The number of nitrogens with zero attached hydrogens (tertiary/aromatic N) is 2. The van der Waals surface area contributed by atoms with Crippen molar-refractivity contribution < 1.29 is 4.79 Å². The summed E-state index contributed by atoms with van der Waals surface area (Å²) in [6, 6.07) is 15.6. The van der Waals surface area contributed by atoms with E-state index in [1.165, 1.54) is 16.5 Å². The Labute approximate surface area is 158 Å². The number of halogens is 1. The van der Waals surface area contributed by atoms with Gasteiger partial charge < -0.3 is 9.88 Å². The van der Waals surface area contributed by atoms with Crippen molar-refractivity contribution >= 4 is 28.4 Å². The molecule has 0 atom stereocenters. The molecule has 0 spiro atoms. The first-order valence-corrected chi connectivity index (χ1v) is 9.41. The zero-order chi connectivity index (χ0) is 17.9. The molecule has 0 saturated carbocycles. The van der Waals surface area contributed by atoms with E-state index in [0.29, 0.717) is 10.6 Å². The number of fused-ring (bicyclic) bond motifs is 1. The van der Waals surface area contributed by atoms with Crippen LogP contribution in [0.4, 0.5) is 0 Å². The summed E-state index contributed by atoms with van der Waals surface area (Å²) in [4.78, 5) is 20.3. The Bertz CT molecular complexity index is 912. The molecule has 134 valence electrons. The summed E-state index contributed by atoms with van der Waals surface area (Å²) >= 11 is 6.00. The van der Waals surface area contributed by atoms with Gasteiger partial charge in [0.25, 0.3) is 5.91 Å². The minimum Gasteiger partial charge on any atom is -0.361 e. The molecule has 5 heteroatoms. The quantitative estimate of drug-likeness (QED) is 0.761. The molecule has 1 N–H and O–H groups in total. The minimum absolute atomic E-state index is 0.0729. The number of nitrogens with one attached hydrogen (secondary N) is 1. The van der Waals surface area contributed by atoms with Gasteiger partial charge in [-0.1, -0.05) is 35.9 Å². The second kappa shape index (κ2) is 7.52. The first-order valence-electron chi connectivity index (χ1n) is 9.03. The van der Waals surface area contributed by atoms with Crippen molar-refractivity contribution in [1.82, 2.24) is 14.8 Å². The van der Waals surface area contributed by atoms with E-state index in [1.807, 2.05) is 17.0 Å². The third-order valence-corrected chi connectivity index (χ3v) is 5.34. The second-order valence-electron chi connectivity index (χ2n) is 6.75. The fourth-order valence-electron chi connectivity index (χ4n) is 3.60. The van der Waals surface area contributed by atoms with Gasteiger partial charge in [0.15, 0.2) is 0 Å². The molecule has 0 unspecified atom stereocenters. The van der Waals surface area contributed by atoms with Crippen molar-refractivity contribution in [2.24, 2.45) is 0 Å². The van der Waals surface area contributed by atoms with E-state index in [9.17, 15) is 4.79 Å². The largest absolute Gasteiger partial charge is 0.361 e. The number of carbonyl (C=O) groups is 1. The standard InChI is InChI=1S/C21H22ClN3O/c22-18-5-3-4-16(14-18)21(26)25-12-10-24(11-13-25)9-8-17-15-23-20-7-2-1-6-19(17)20/h1-7,14-15,23H,8-13H2. The van der Waals surface area contributed by atoms with Crippen LogP contribution in [-0.4, -0.2) is 53.4 Å². The van der Waals surface area contributed by atoms with Gasteiger partial charge in [0.1, 0.15) is 0 Å². The fourth-order valence-corrected chi connectivity index (χ4v) is 3.79. The lowest BCUT2D eigenvalue weighted by Gasteiger charge is -2.34. The summed E-state index contributed by atoms with van der Waals surface area (Å²) in [6.07, 6.45) is 3.13. The van der Waals surface area contributed by atoms with Crippen LogP contribution in [0, 0.1) is 0 Å². The Balaban J connectivity index is 1.32. The highest BCUT2D eigenvalue weighted by molar-refractivity contribution is 6.30. The van der Waals surface area contributed by atoms with Crippen LogP contribution in [-0.2, 0) is 6.42 Å². The molecule has 2 aromatic carbocycles. The number of carbonyl (C=O) groups excluding carboxylic acids is 1. The number of hydrogen-bond acceptors (Lipinski definition) is 2. The molecule has 4 nitrogen and oxygen atoms in total. The van der Waals surface area contributed by atoms with Crippen LogP contribution >= 0.6 is 11.6 Å². The first kappa shape index (κ1) is 17.1. The summed E-state index contributed by atoms with van der Waals surface area (Å²) in [5.74, 6) is 0.0729. The van der Waals surface area contributed by atoms with Crippen molar-refractivity contribution in [2.45, 2.75) is 6.42 Å². The highest BCUT2D eigenvalue weighted by atomic mass is 35.5. The smallest absolute Gasteiger partial charge is 0.253 e. The van der Waals surface area contributed by atoms with Crippen LogP contribution in [0.2, 0.25) is 5.02 Å². The predicted octanol–water partition coefficient (Wildman–Crippen LogP) is 3.82. The van der Waals surface area contributed by atoms with E-state index in [-0.39, 0.29) is 5.91 Å². The number of hydrogen-bond donors (Lipinski definition) is 1. The highest BCUT2D eigenvalue weighted by Gasteiger charge is 2.22. The molecule has 2 heterocycles. The molecule has 1 saturated heterocycles. The van der Waals surface area contributed by atoms with E-state index in [1.54, 1.807) is 12.1 Å². The van der Waals surface area contributed by atoms with Gasteiger partial charge in [-0.05, 0) is 36.2 Å². The normalized spacial score (nSPS) is 15.5. The average Bonchev–Trinajstić information content (AvgIpc) is 3.09. The maximum Gasteiger partial charge on any atom is 0.253 e. The van der Waals surface area contributed by atoms with Gasteiger partial charge >= 0.3 is 0 Å². The molecule has 0 radical (unpaired) electrons. The second-order valence-corrected chi connectivity index (χ2v) is 7.19. The van der Waals surface area contributed by atoms with E-state index in [4.69, 9.17) is 11.6 Å². The molecular formula is C21H22ClN3O. The number of benzene rings is 2. The summed E-state index contributed by atoms with van der Waals surface area (Å²) in [5.41, 5.74) is 3.22. The molecule has 0 aliphatic carbocycles. The Hall–Kier alpha value is -2.30. The average molecular weight is 368 g/mol. The lowest BCUT2D eigenvalue weighted by molar-refractivity contribution is 0.0638. The van der Waals surface area contributed by atoms with E-state index in [0.717, 1.165) is 39.1 Å². The number of H-pyrrole nitrogens is 1. The van der Waals surface area contributed by atoms with Crippen LogP contribution in [0.25, 0.3) is 10.9 Å². The molecule has 26 heavy (non-hydrogen) atoms. The summed E-state index contributed by atoms with van der Waals surface area (Å²) < 4.78 is 0. The number of aromatic nitrogens is 1. The number of piperazine rings is 1. The van der Waals surface area contributed by atoms with Crippen molar-refractivity contribution in [3.8, 4) is 0 Å². The van der Waals surface area contributed by atoms with Gasteiger partial charge in [0, 0.05) is 60.4 Å². The number of rotatable bonds is 4. The van der Waals surface area contributed by atoms with Gasteiger partial charge in [-0.25, -0.2) is 0 Å². The van der Waals surface area contributed by atoms with Crippen LogP contribution in [0.3, 0.4) is 0 Å². The SMILES string of the molecule is O=C(c1cccc(Cl)c1)N1CCN(CCc2c[nH]c3ccccc23)CC1. The molecule has 0 bridgehead atoms. The number of para-hydroxylation sites is 1. The molecule has 4 rings (SSSR count). The summed E-state index contributed by atoms with van der Waals surface area (Å²) in [7, 11) is 0. The van der Waals surface area contributed by atoms with Crippen LogP contribution in [0.15, 0.2) is 54.7 Å². The van der Waals surface area contributed by atoms with Gasteiger partial charge in [-0.2, -0.15) is 0 Å². The molecule has 1 aromatic heterocycles. The minimum atomic E-state index is 0.0729. The zero-order valence-electron chi connectivity index (χ0n) is 14.6. The van der Waals surface area contributed by atoms with Crippen LogP contribution in [0.5, 0.6) is 0 Å². The third kappa shape index (κ3) is 3.62. The van der Waals surface area contributed by atoms with E-state index in [2.05, 4.69) is 40.3 Å². The van der Waals surface area contributed by atoms with Crippen LogP contribution < -0.4 is 0 Å². The summed E-state index contributed by atoms with van der Waals surface area (Å²) in [5, 5.41) is 1.91. The van der Waals surface area contributed by atoms with Gasteiger partial charge in [0.05, 0.1) is 0 Å². The van der Waals surface area contributed by atoms with Gasteiger partial charge in [0.2, 0.25) is 0 Å². The fraction of sp³-hybridized carbons (Fsp3) is 0.286. The van der Waals surface area contributed by atoms with E-state index < -0.39 is 0 Å². The highest BCUT2D eigenvalue weighted by Crippen LogP contribution is 2.19. The number of amides is 1. The zero-order valence-corrected chi connectivity index (χ0v) is 15.4. The monoisotopic (exact) mass is 367 g/mol. The van der Waals surface area contributed by atoms with Gasteiger partial charge in [-0.15, -0.1) is 0 Å². The molecule has 1 amide bonds. The summed E-state index contributed by atoms with van der Waals surface area (Å²) in [6.45, 7) is 4.36. The third-order valence-electron chi connectivity index (χ3n) is 5.10. The molecule has 3 aromatic rings. The van der Waals surface area contributed by atoms with Crippen molar-refractivity contribution in [3.05, 3.63) is 70.9 Å². The maximum absolute atomic E-state index is 12.6. The molecule has 1 aliphatic rings. The topological polar surface area (TPSA) is 39.3 Å². The number of aromatic amines is 1. The van der Waals surface area contributed by atoms with Gasteiger partial charge in [-0.3, -0.25) is 9.69 Å². The predicted molar refractivity (Wildman–Crippen MR) is 106 cm³/mol. The van der Waals surface area contributed by atoms with Crippen molar-refractivity contribution in [1.29, 1.82) is 0 Å². The lowest BCUT2D eigenvalue weighted by Crippen LogP contribution is -2.49.